The van der Waals surface area contributed by atoms with Crippen LogP contribution in [-0.2, 0) is 0 Å². The lowest BCUT2D eigenvalue weighted by atomic mass is 9.78. The molecule has 0 heterocycles. The van der Waals surface area contributed by atoms with Crippen LogP contribution in [0.5, 0.6) is 0 Å². The van der Waals surface area contributed by atoms with Gasteiger partial charge in [0.1, 0.15) is 5.82 Å². The first-order chi connectivity index (χ1) is 7.92. The van der Waals surface area contributed by atoms with E-state index in [1.54, 1.807) is 12.1 Å². The molecule has 2 rings (SSSR count). The lowest BCUT2D eigenvalue weighted by molar-refractivity contribution is 0.0839. The molecule has 92 valence electrons. The average molecular weight is 299 g/mol. The van der Waals surface area contributed by atoms with Crippen molar-refractivity contribution in [3.05, 3.63) is 34.1 Å². The minimum absolute atomic E-state index is 0.0674. The number of benzene rings is 1. The van der Waals surface area contributed by atoms with Gasteiger partial charge in [0.15, 0.2) is 5.78 Å². The smallest absolute Gasteiger partial charge is 0.166 e. The summed E-state index contributed by atoms with van der Waals surface area (Å²) >= 11 is 3.12. The molecule has 0 aromatic heterocycles. The summed E-state index contributed by atoms with van der Waals surface area (Å²) in [6, 6.07) is 4.52. The fourth-order valence-electron chi connectivity index (χ4n) is 2.66. The zero-order valence-electron chi connectivity index (χ0n) is 10.1. The summed E-state index contributed by atoms with van der Waals surface area (Å²) < 4.78 is 13.5. The molecule has 1 unspecified atom stereocenters. The van der Waals surface area contributed by atoms with Gasteiger partial charge in [-0.25, -0.2) is 4.39 Å². The van der Waals surface area contributed by atoms with E-state index in [1.807, 2.05) is 0 Å². The molecule has 0 spiro atoms. The molecule has 17 heavy (non-hydrogen) atoms. The Kier molecular flexibility index (Phi) is 3.39. The van der Waals surface area contributed by atoms with E-state index in [9.17, 15) is 9.18 Å². The van der Waals surface area contributed by atoms with Gasteiger partial charge in [-0.05, 0) is 52.4 Å². The van der Waals surface area contributed by atoms with Gasteiger partial charge in [0.25, 0.3) is 0 Å². The average Bonchev–Trinajstić information content (AvgIpc) is 2.61. The van der Waals surface area contributed by atoms with Gasteiger partial charge in [-0.2, -0.15) is 0 Å². The lowest BCUT2D eigenvalue weighted by Gasteiger charge is -2.25. The van der Waals surface area contributed by atoms with Crippen molar-refractivity contribution in [3.63, 3.8) is 0 Å². The molecule has 1 saturated carbocycles. The topological polar surface area (TPSA) is 17.1 Å². The highest BCUT2D eigenvalue weighted by Crippen LogP contribution is 2.44. The van der Waals surface area contributed by atoms with Crippen LogP contribution in [-0.4, -0.2) is 5.78 Å². The summed E-state index contributed by atoms with van der Waals surface area (Å²) in [7, 11) is 0. The third-order valence-electron chi connectivity index (χ3n) is 3.78. The Morgan fingerprint density at radius 1 is 1.47 bits per heavy atom. The molecule has 0 bridgehead atoms. The van der Waals surface area contributed by atoms with Gasteiger partial charge in [-0.1, -0.05) is 20.3 Å². The number of hydrogen-bond acceptors (Lipinski definition) is 1. The molecule has 1 aromatic rings. The number of ketones is 1. The normalized spacial score (nSPS) is 22.7. The number of carbonyl (C=O) groups excluding carboxylic acids is 1. The molecule has 0 aliphatic heterocycles. The molecule has 1 aromatic carbocycles. The maximum atomic E-state index is 13.1. The molecular weight excluding hydrogens is 283 g/mol. The zero-order valence-corrected chi connectivity index (χ0v) is 11.7. The van der Waals surface area contributed by atoms with Gasteiger partial charge in [-0.3, -0.25) is 4.79 Å². The molecule has 0 amide bonds. The molecule has 1 atom stereocenters. The van der Waals surface area contributed by atoms with Crippen LogP contribution in [0.3, 0.4) is 0 Å². The predicted octanol–water partition coefficient (Wildman–Crippen LogP) is 4.60. The Labute approximate surface area is 110 Å². The Hall–Kier alpha value is -0.700. The van der Waals surface area contributed by atoms with Gasteiger partial charge in [-0.15, -0.1) is 0 Å². The minimum Gasteiger partial charge on any atom is -0.294 e. The highest BCUT2D eigenvalue weighted by Gasteiger charge is 2.39. The molecule has 1 nitrogen and oxygen atoms in total. The Bertz CT molecular complexity index is 454. The van der Waals surface area contributed by atoms with Crippen molar-refractivity contribution in [2.24, 2.45) is 11.3 Å². The second kappa shape index (κ2) is 4.52. The fourth-order valence-corrected chi connectivity index (χ4v) is 3.04. The van der Waals surface area contributed by atoms with Crippen LogP contribution in [0.1, 0.15) is 43.5 Å². The molecule has 3 heteroatoms. The van der Waals surface area contributed by atoms with E-state index in [0.29, 0.717) is 10.0 Å². The first-order valence-corrected chi connectivity index (χ1v) is 6.70. The van der Waals surface area contributed by atoms with Crippen molar-refractivity contribution in [1.82, 2.24) is 0 Å². The number of rotatable bonds is 2. The third-order valence-corrected chi connectivity index (χ3v) is 4.39. The van der Waals surface area contributed by atoms with Gasteiger partial charge in [0.2, 0.25) is 0 Å². The standard InChI is InChI=1S/C14H16BrFO/c1-14(2)7-3-4-10(14)13(17)9-5-6-12(16)11(15)8-9/h5-6,8,10H,3-4,7H2,1-2H3. The number of hydrogen-bond donors (Lipinski definition) is 0. The van der Waals surface area contributed by atoms with E-state index in [2.05, 4.69) is 29.8 Å². The molecule has 0 saturated heterocycles. The summed E-state index contributed by atoms with van der Waals surface area (Å²) in [4.78, 5) is 12.4. The van der Waals surface area contributed by atoms with Gasteiger partial charge in [0, 0.05) is 11.5 Å². The maximum absolute atomic E-state index is 13.1. The van der Waals surface area contributed by atoms with E-state index in [1.165, 1.54) is 6.07 Å². The Morgan fingerprint density at radius 3 is 2.71 bits per heavy atom. The number of carbonyl (C=O) groups is 1. The summed E-state index contributed by atoms with van der Waals surface area (Å²) in [5, 5.41) is 0. The van der Waals surface area contributed by atoms with Gasteiger partial charge < -0.3 is 0 Å². The van der Waals surface area contributed by atoms with Crippen molar-refractivity contribution in [1.29, 1.82) is 0 Å². The second-order valence-electron chi connectivity index (χ2n) is 5.43. The summed E-state index contributed by atoms with van der Waals surface area (Å²) in [6.45, 7) is 4.28. The molecule has 1 aliphatic carbocycles. The fraction of sp³-hybridized carbons (Fsp3) is 0.500. The van der Waals surface area contributed by atoms with E-state index in [4.69, 9.17) is 0 Å². The van der Waals surface area contributed by atoms with Crippen LogP contribution < -0.4 is 0 Å². The van der Waals surface area contributed by atoms with Crippen LogP contribution in [0.2, 0.25) is 0 Å². The Balaban J connectivity index is 2.28. The quantitative estimate of drug-likeness (QED) is 0.730. The van der Waals surface area contributed by atoms with Crippen LogP contribution in [0, 0.1) is 17.2 Å². The first-order valence-electron chi connectivity index (χ1n) is 5.91. The Morgan fingerprint density at radius 2 is 2.18 bits per heavy atom. The highest BCUT2D eigenvalue weighted by molar-refractivity contribution is 9.10. The molecule has 0 N–H and O–H groups in total. The van der Waals surface area contributed by atoms with E-state index >= 15 is 0 Å². The van der Waals surface area contributed by atoms with Crippen LogP contribution in [0.4, 0.5) is 4.39 Å². The first kappa shape index (κ1) is 12.7. The third kappa shape index (κ3) is 2.44. The largest absolute Gasteiger partial charge is 0.294 e. The van der Waals surface area contributed by atoms with Crippen LogP contribution in [0.15, 0.2) is 22.7 Å². The van der Waals surface area contributed by atoms with Crippen LogP contribution >= 0.6 is 15.9 Å². The summed E-state index contributed by atoms with van der Waals surface area (Å²) in [5.74, 6) is -0.111. The zero-order chi connectivity index (χ0) is 12.6. The monoisotopic (exact) mass is 298 g/mol. The van der Waals surface area contributed by atoms with Crippen molar-refractivity contribution in [2.75, 3.05) is 0 Å². The summed E-state index contributed by atoms with van der Waals surface area (Å²) in [6.07, 6.45) is 3.14. The molecule has 1 aliphatic rings. The number of Topliss-reactive ketones (excluding diaryl/α,β-unsaturated/α-hetero) is 1. The van der Waals surface area contributed by atoms with Crippen LogP contribution in [0.25, 0.3) is 0 Å². The van der Waals surface area contributed by atoms with Crippen molar-refractivity contribution in [3.8, 4) is 0 Å². The predicted molar refractivity (Wildman–Crippen MR) is 69.6 cm³/mol. The lowest BCUT2D eigenvalue weighted by Crippen LogP contribution is -2.25. The van der Waals surface area contributed by atoms with Gasteiger partial charge >= 0.3 is 0 Å². The number of halogens is 2. The molecular formula is C14H16BrFO. The molecule has 1 fully saturated rings. The SMILES string of the molecule is CC1(C)CCCC1C(=O)c1ccc(F)c(Br)c1. The van der Waals surface area contributed by atoms with E-state index in [0.717, 1.165) is 19.3 Å². The van der Waals surface area contributed by atoms with Crippen molar-refractivity contribution in [2.45, 2.75) is 33.1 Å². The highest BCUT2D eigenvalue weighted by atomic mass is 79.9. The van der Waals surface area contributed by atoms with E-state index < -0.39 is 0 Å². The molecule has 0 radical (unpaired) electrons. The minimum atomic E-state index is -0.327. The van der Waals surface area contributed by atoms with Crippen molar-refractivity contribution >= 4 is 21.7 Å². The second-order valence-corrected chi connectivity index (χ2v) is 6.28. The van der Waals surface area contributed by atoms with E-state index in [-0.39, 0.29) is 22.9 Å². The van der Waals surface area contributed by atoms with Gasteiger partial charge in [0.05, 0.1) is 4.47 Å². The summed E-state index contributed by atoms with van der Waals surface area (Å²) in [5.41, 5.74) is 0.677. The van der Waals surface area contributed by atoms with Crippen molar-refractivity contribution < 1.29 is 9.18 Å². The maximum Gasteiger partial charge on any atom is 0.166 e.